The lowest BCUT2D eigenvalue weighted by atomic mass is 9.84. The van der Waals surface area contributed by atoms with Gasteiger partial charge in [-0.15, -0.1) is 0 Å². The van der Waals surface area contributed by atoms with Crippen LogP contribution in [0.3, 0.4) is 0 Å². The molecule has 2 fully saturated rings. The van der Waals surface area contributed by atoms with Crippen LogP contribution in [0, 0.1) is 5.92 Å². The summed E-state index contributed by atoms with van der Waals surface area (Å²) in [5.41, 5.74) is 0. The van der Waals surface area contributed by atoms with Crippen molar-refractivity contribution in [3.8, 4) is 0 Å². The first-order chi connectivity index (χ1) is 5.38. The third-order valence-electron chi connectivity index (χ3n) is 2.68. The van der Waals surface area contributed by atoms with Gasteiger partial charge in [0.15, 0.2) is 0 Å². The molecule has 0 unspecified atom stereocenters. The van der Waals surface area contributed by atoms with Gasteiger partial charge in [0.25, 0.3) is 0 Å². The SMILES string of the molecule is CC.CN1C[C@H]2CCNC[C@H]21. The highest BCUT2D eigenvalue weighted by Crippen LogP contribution is 2.27. The lowest BCUT2D eigenvalue weighted by Gasteiger charge is -2.49. The minimum absolute atomic E-state index is 0.874. The summed E-state index contributed by atoms with van der Waals surface area (Å²) in [6.07, 6.45) is 1.40. The zero-order chi connectivity index (χ0) is 8.27. The van der Waals surface area contributed by atoms with Crippen molar-refractivity contribution >= 4 is 0 Å². The maximum Gasteiger partial charge on any atom is 0.0258 e. The molecule has 0 aromatic heterocycles. The van der Waals surface area contributed by atoms with Crippen LogP contribution >= 0.6 is 0 Å². The number of nitrogens with zero attached hydrogens (tertiary/aromatic N) is 1. The molecular weight excluding hydrogens is 136 g/mol. The Bertz CT molecular complexity index is 112. The molecule has 2 aliphatic heterocycles. The quantitative estimate of drug-likeness (QED) is 0.561. The van der Waals surface area contributed by atoms with Crippen LogP contribution < -0.4 is 5.32 Å². The molecule has 2 nitrogen and oxygen atoms in total. The van der Waals surface area contributed by atoms with Crippen molar-refractivity contribution in [2.45, 2.75) is 26.3 Å². The van der Waals surface area contributed by atoms with Crippen LogP contribution in [0.1, 0.15) is 20.3 Å². The predicted octanol–water partition coefficient (Wildman–Crippen LogP) is 0.936. The van der Waals surface area contributed by atoms with Gasteiger partial charge in [-0.25, -0.2) is 0 Å². The molecule has 0 radical (unpaired) electrons. The maximum absolute atomic E-state index is 3.40. The summed E-state index contributed by atoms with van der Waals surface area (Å²) in [6.45, 7) is 7.81. The minimum atomic E-state index is 0.874. The average Bonchev–Trinajstić information content (AvgIpc) is 2.07. The fourth-order valence-corrected chi connectivity index (χ4v) is 1.99. The zero-order valence-corrected chi connectivity index (χ0v) is 7.93. The normalized spacial score (nSPS) is 36.3. The molecule has 11 heavy (non-hydrogen) atoms. The molecule has 0 saturated carbocycles. The Morgan fingerprint density at radius 1 is 1.36 bits per heavy atom. The van der Waals surface area contributed by atoms with E-state index in [1.807, 2.05) is 13.8 Å². The Morgan fingerprint density at radius 3 is 2.55 bits per heavy atom. The molecule has 2 saturated heterocycles. The smallest absolute Gasteiger partial charge is 0.0258 e. The fourth-order valence-electron chi connectivity index (χ4n) is 1.99. The standard InChI is InChI=1S/C7H14N2.C2H6/c1-9-5-6-2-3-8-4-7(6)9;1-2/h6-8H,2-5H2,1H3;1-2H3/t6-,7-;/m1./s1. The molecule has 2 heterocycles. The fraction of sp³-hybridized carbons (Fsp3) is 1.00. The van der Waals surface area contributed by atoms with Crippen LogP contribution in [0.2, 0.25) is 0 Å². The van der Waals surface area contributed by atoms with Crippen LogP contribution in [-0.2, 0) is 0 Å². The van der Waals surface area contributed by atoms with Crippen molar-refractivity contribution in [2.24, 2.45) is 5.92 Å². The topological polar surface area (TPSA) is 15.3 Å². The summed E-state index contributed by atoms with van der Waals surface area (Å²) in [5.74, 6) is 1.02. The van der Waals surface area contributed by atoms with Crippen molar-refractivity contribution in [1.29, 1.82) is 0 Å². The lowest BCUT2D eigenvalue weighted by molar-refractivity contribution is 0.0191. The van der Waals surface area contributed by atoms with E-state index in [0.29, 0.717) is 0 Å². The van der Waals surface area contributed by atoms with Gasteiger partial charge < -0.3 is 10.2 Å². The van der Waals surface area contributed by atoms with E-state index >= 15 is 0 Å². The molecule has 2 atom stereocenters. The summed E-state index contributed by atoms with van der Waals surface area (Å²) in [5, 5.41) is 3.40. The highest BCUT2D eigenvalue weighted by atomic mass is 15.2. The number of rotatable bonds is 0. The van der Waals surface area contributed by atoms with Gasteiger partial charge in [0, 0.05) is 19.1 Å². The molecule has 0 aromatic carbocycles. The molecular formula is C9H20N2. The second kappa shape index (κ2) is 4.07. The van der Waals surface area contributed by atoms with Crippen LogP contribution in [0.25, 0.3) is 0 Å². The number of fused-ring (bicyclic) bond motifs is 1. The summed E-state index contributed by atoms with van der Waals surface area (Å²) in [7, 11) is 2.22. The monoisotopic (exact) mass is 156 g/mol. The maximum atomic E-state index is 3.40. The van der Waals surface area contributed by atoms with E-state index in [1.54, 1.807) is 0 Å². The predicted molar refractivity (Wildman–Crippen MR) is 48.7 cm³/mol. The van der Waals surface area contributed by atoms with E-state index in [9.17, 15) is 0 Å². The van der Waals surface area contributed by atoms with E-state index in [0.717, 1.165) is 12.0 Å². The summed E-state index contributed by atoms with van der Waals surface area (Å²) < 4.78 is 0. The highest BCUT2D eigenvalue weighted by Gasteiger charge is 2.37. The van der Waals surface area contributed by atoms with Gasteiger partial charge >= 0.3 is 0 Å². The minimum Gasteiger partial charge on any atom is -0.315 e. The van der Waals surface area contributed by atoms with Crippen LogP contribution in [-0.4, -0.2) is 37.6 Å². The van der Waals surface area contributed by atoms with E-state index in [4.69, 9.17) is 0 Å². The number of likely N-dealkylation sites (tertiary alicyclic amines) is 1. The van der Waals surface area contributed by atoms with Crippen molar-refractivity contribution in [1.82, 2.24) is 10.2 Å². The molecule has 2 rings (SSSR count). The number of nitrogens with one attached hydrogen (secondary N) is 1. The van der Waals surface area contributed by atoms with E-state index in [-0.39, 0.29) is 0 Å². The van der Waals surface area contributed by atoms with Crippen LogP contribution in [0.15, 0.2) is 0 Å². The third-order valence-corrected chi connectivity index (χ3v) is 2.68. The second-order valence-corrected chi connectivity index (χ2v) is 3.26. The summed E-state index contributed by atoms with van der Waals surface area (Å²) in [4.78, 5) is 2.44. The average molecular weight is 156 g/mol. The third kappa shape index (κ3) is 1.74. The Hall–Kier alpha value is -0.0800. The molecule has 0 amide bonds. The van der Waals surface area contributed by atoms with Crippen molar-refractivity contribution in [3.05, 3.63) is 0 Å². The van der Waals surface area contributed by atoms with Gasteiger partial charge in [0.2, 0.25) is 0 Å². The molecule has 1 N–H and O–H groups in total. The zero-order valence-electron chi connectivity index (χ0n) is 7.93. The van der Waals surface area contributed by atoms with Gasteiger partial charge in [-0.3, -0.25) is 0 Å². The molecule has 66 valence electrons. The number of piperidine rings is 1. The van der Waals surface area contributed by atoms with E-state index in [2.05, 4.69) is 17.3 Å². The van der Waals surface area contributed by atoms with Gasteiger partial charge in [-0.1, -0.05) is 13.8 Å². The molecule has 0 aliphatic carbocycles. The molecule has 0 bridgehead atoms. The first-order valence-corrected chi connectivity index (χ1v) is 4.79. The number of likely N-dealkylation sites (N-methyl/N-ethyl adjacent to an activating group) is 1. The van der Waals surface area contributed by atoms with Gasteiger partial charge in [-0.05, 0) is 25.9 Å². The number of hydrogen-bond acceptors (Lipinski definition) is 2. The Kier molecular flexibility index (Phi) is 3.34. The molecule has 2 heteroatoms. The Balaban J connectivity index is 0.000000281. The highest BCUT2D eigenvalue weighted by molar-refractivity contribution is 4.93. The van der Waals surface area contributed by atoms with E-state index < -0.39 is 0 Å². The van der Waals surface area contributed by atoms with Crippen LogP contribution in [0.5, 0.6) is 0 Å². The summed E-state index contributed by atoms with van der Waals surface area (Å²) in [6, 6.07) is 0.874. The van der Waals surface area contributed by atoms with Gasteiger partial charge in [0.1, 0.15) is 0 Å². The first-order valence-electron chi connectivity index (χ1n) is 4.79. The Morgan fingerprint density at radius 2 is 2.09 bits per heavy atom. The van der Waals surface area contributed by atoms with E-state index in [1.165, 1.54) is 26.1 Å². The largest absolute Gasteiger partial charge is 0.315 e. The van der Waals surface area contributed by atoms with Crippen molar-refractivity contribution in [3.63, 3.8) is 0 Å². The number of hydrogen-bond donors (Lipinski definition) is 1. The van der Waals surface area contributed by atoms with Crippen molar-refractivity contribution in [2.75, 3.05) is 26.7 Å². The van der Waals surface area contributed by atoms with Crippen molar-refractivity contribution < 1.29 is 0 Å². The molecule has 2 aliphatic rings. The van der Waals surface area contributed by atoms with Crippen LogP contribution in [0.4, 0.5) is 0 Å². The van der Waals surface area contributed by atoms with Gasteiger partial charge in [-0.2, -0.15) is 0 Å². The molecule has 0 spiro atoms. The Labute approximate surface area is 70.0 Å². The molecule has 0 aromatic rings. The first kappa shape index (κ1) is 9.01. The summed E-state index contributed by atoms with van der Waals surface area (Å²) >= 11 is 0. The second-order valence-electron chi connectivity index (χ2n) is 3.26. The van der Waals surface area contributed by atoms with Gasteiger partial charge in [0.05, 0.1) is 0 Å². The lowest BCUT2D eigenvalue weighted by Crippen LogP contribution is -2.61.